The van der Waals surface area contributed by atoms with Gasteiger partial charge in [-0.25, -0.2) is 0 Å². The van der Waals surface area contributed by atoms with Crippen molar-refractivity contribution in [3.8, 4) is 0 Å². The molecule has 0 aliphatic rings. The van der Waals surface area contributed by atoms with Crippen LogP contribution in [0.15, 0.2) is 0 Å². The molecule has 0 aromatic carbocycles. The van der Waals surface area contributed by atoms with Crippen molar-refractivity contribution in [1.29, 1.82) is 0 Å². The summed E-state index contributed by atoms with van der Waals surface area (Å²) in [5.41, 5.74) is -1.08. The third-order valence-corrected chi connectivity index (χ3v) is 18.0. The van der Waals surface area contributed by atoms with E-state index in [1.807, 2.05) is 0 Å². The van der Waals surface area contributed by atoms with Crippen LogP contribution in [0.1, 0.15) is 0 Å². The Hall–Kier alpha value is 7.16. The molecular weight excluding hydrogens is 1300 g/mol. The topological polar surface area (TPSA) is 20.2 Å². The maximum absolute atomic E-state index is 10.6. The van der Waals surface area contributed by atoms with E-state index in [4.69, 9.17) is 0 Å². The first-order valence-electron chi connectivity index (χ1n) is 4.56. The highest BCUT2D eigenvalue weighted by Crippen LogP contribution is 2.82. The van der Waals surface area contributed by atoms with Gasteiger partial charge in [0.15, 0.2) is 3.23 Å². The third kappa shape index (κ3) is 5.75. The standard InChI is InChI=1S/C7HBr15O/c8-2(9,3(10,11)7(21,22)23)1(4(12,13)14,5(15,16)17)6(18,19)20/h23H. The Bertz CT molecular complexity index is 395. The number of halogens is 15. The summed E-state index contributed by atoms with van der Waals surface area (Å²) in [6, 6.07) is 0. The molecule has 1 nitrogen and oxygen atoms in total. The first-order chi connectivity index (χ1) is 9.50. The molecule has 16 heteroatoms. The minimum Gasteiger partial charge on any atom is -0.368 e. The Balaban J connectivity index is 7.12. The Kier molecular flexibility index (Phi) is 12.5. The molecule has 0 radical (unpaired) electrons. The largest absolute Gasteiger partial charge is 0.368 e. The molecule has 0 fully saturated rings. The van der Waals surface area contributed by atoms with Crippen LogP contribution in [-0.4, -0.2) is 21.4 Å². The maximum Gasteiger partial charge on any atom is 0.202 e. The summed E-state index contributed by atoms with van der Waals surface area (Å²) in [6.45, 7) is 0. The first-order valence-corrected chi connectivity index (χ1v) is 16.5. The normalized spacial score (nSPS) is 16.7. The van der Waals surface area contributed by atoms with Gasteiger partial charge in [-0.15, -0.1) is 0 Å². The summed E-state index contributed by atoms with van der Waals surface area (Å²) in [4.78, 5) is 0. The van der Waals surface area contributed by atoms with Gasteiger partial charge in [-0.2, -0.15) is 0 Å². The fourth-order valence-corrected chi connectivity index (χ4v) is 26.1. The SMILES string of the molecule is OC(Br)(Br)C(Br)(Br)C(Br)(Br)C(C(Br)(Br)Br)(C(Br)(Br)Br)C(Br)(Br)Br. The Morgan fingerprint density at radius 2 is 0.609 bits per heavy atom. The second kappa shape index (κ2) is 9.57. The summed E-state index contributed by atoms with van der Waals surface area (Å²) in [5, 5.41) is 10.6. The number of hydrogen-bond donors (Lipinski definition) is 1. The lowest BCUT2D eigenvalue weighted by molar-refractivity contribution is 0.200. The molecule has 0 bridgehead atoms. The lowest BCUT2D eigenvalue weighted by Crippen LogP contribution is -2.70. The fourth-order valence-electron chi connectivity index (χ4n) is 1.44. The van der Waals surface area contributed by atoms with Crippen LogP contribution >= 0.6 is 239 Å². The number of hydrogen-bond acceptors (Lipinski definition) is 1. The molecule has 0 amide bonds. The predicted molar refractivity (Wildman–Crippen MR) is 155 cm³/mol. The van der Waals surface area contributed by atoms with Gasteiger partial charge in [0, 0.05) is 0 Å². The van der Waals surface area contributed by atoms with E-state index in [1.54, 1.807) is 0 Å². The summed E-state index contributed by atoms with van der Waals surface area (Å²) >= 11 is 53.4. The van der Waals surface area contributed by atoms with E-state index in [1.165, 1.54) is 0 Å². The van der Waals surface area contributed by atoms with Crippen LogP contribution in [0.25, 0.3) is 0 Å². The van der Waals surface area contributed by atoms with Crippen LogP contribution in [-0.2, 0) is 0 Å². The molecular formula is C7HBr15O. The monoisotopic (exact) mass is 1280 g/mol. The number of alkyl halides is 15. The molecule has 140 valence electrons. The lowest BCUT2D eigenvalue weighted by atomic mass is 9.89. The molecule has 23 heavy (non-hydrogen) atoms. The minimum atomic E-state index is -1.58. The van der Waals surface area contributed by atoms with Gasteiger partial charge >= 0.3 is 0 Å². The summed E-state index contributed by atoms with van der Waals surface area (Å²) < 4.78 is -6.86. The van der Waals surface area contributed by atoms with E-state index in [0.29, 0.717) is 0 Å². The highest BCUT2D eigenvalue weighted by atomic mass is 80.0. The summed E-state index contributed by atoms with van der Waals surface area (Å²) in [7, 11) is 0. The van der Waals surface area contributed by atoms with Gasteiger partial charge in [0.25, 0.3) is 0 Å². The Labute approximate surface area is 260 Å². The number of rotatable bonds is 3. The van der Waals surface area contributed by atoms with Gasteiger partial charge in [-0.3, -0.25) is 0 Å². The molecule has 0 aliphatic carbocycles. The predicted octanol–water partition coefficient (Wildman–Crippen LogP) is 10.9. The maximum atomic E-state index is 10.6. The fraction of sp³-hybridized carbons (Fsp3) is 1.00. The molecule has 0 heterocycles. The Morgan fingerprint density at radius 3 is 0.739 bits per heavy atom. The second-order valence-corrected chi connectivity index (χ2v) is 34.5. The first kappa shape index (κ1) is 30.2. The van der Waals surface area contributed by atoms with E-state index in [2.05, 4.69) is 239 Å². The highest BCUT2D eigenvalue weighted by Gasteiger charge is 2.81. The van der Waals surface area contributed by atoms with Gasteiger partial charge in [-0.1, -0.05) is 207 Å². The van der Waals surface area contributed by atoms with E-state index < -0.39 is 21.7 Å². The van der Waals surface area contributed by atoms with Crippen molar-refractivity contribution in [1.82, 2.24) is 0 Å². The molecule has 0 aromatic rings. The van der Waals surface area contributed by atoms with Crippen LogP contribution in [0.2, 0.25) is 0 Å². The average Bonchev–Trinajstić information content (AvgIpc) is 2.06. The van der Waals surface area contributed by atoms with Crippen molar-refractivity contribution in [3.63, 3.8) is 0 Å². The number of aliphatic hydroxyl groups is 1. The van der Waals surface area contributed by atoms with Gasteiger partial charge in [0.1, 0.15) is 15.1 Å². The van der Waals surface area contributed by atoms with E-state index in [-0.39, 0.29) is 0 Å². The van der Waals surface area contributed by atoms with Crippen molar-refractivity contribution < 1.29 is 5.11 Å². The molecule has 0 rings (SSSR count). The van der Waals surface area contributed by atoms with Crippen molar-refractivity contribution in [2.24, 2.45) is 5.41 Å². The van der Waals surface area contributed by atoms with Crippen LogP contribution in [0.3, 0.4) is 0 Å². The molecule has 1 N–H and O–H groups in total. The van der Waals surface area contributed by atoms with Crippen molar-refractivity contribution in [2.45, 2.75) is 16.3 Å². The van der Waals surface area contributed by atoms with Gasteiger partial charge in [0.2, 0.25) is 3.42 Å². The lowest BCUT2D eigenvalue weighted by Gasteiger charge is -2.61. The molecule has 0 unspecified atom stereocenters. The van der Waals surface area contributed by atoms with Crippen LogP contribution in [0.4, 0.5) is 0 Å². The van der Waals surface area contributed by atoms with Gasteiger partial charge in [0.05, 0.1) is 0 Å². The van der Waals surface area contributed by atoms with Crippen molar-refractivity contribution in [2.75, 3.05) is 0 Å². The van der Waals surface area contributed by atoms with Crippen molar-refractivity contribution in [3.05, 3.63) is 0 Å². The smallest absolute Gasteiger partial charge is 0.202 e. The zero-order valence-corrected chi connectivity index (χ0v) is 33.4. The molecule has 0 spiro atoms. The van der Waals surface area contributed by atoms with Crippen LogP contribution in [0, 0.1) is 5.41 Å². The van der Waals surface area contributed by atoms with Crippen molar-refractivity contribution >= 4 is 239 Å². The van der Waals surface area contributed by atoms with Crippen LogP contribution in [0.5, 0.6) is 0 Å². The Morgan fingerprint density at radius 1 is 0.391 bits per heavy atom. The van der Waals surface area contributed by atoms with E-state index in [0.717, 1.165) is 0 Å². The van der Waals surface area contributed by atoms with Gasteiger partial charge in [-0.05, 0) is 31.9 Å². The summed E-state index contributed by atoms with van der Waals surface area (Å²) in [5.74, 6) is 0. The van der Waals surface area contributed by atoms with E-state index in [9.17, 15) is 5.11 Å². The highest BCUT2D eigenvalue weighted by molar-refractivity contribution is 9.42. The molecule has 0 atom stereocenters. The minimum absolute atomic E-state index is 0.960. The second-order valence-electron chi connectivity index (χ2n) is 3.93. The third-order valence-electron chi connectivity index (χ3n) is 2.52. The molecule has 0 saturated heterocycles. The average molecular weight is 1300 g/mol. The summed E-state index contributed by atoms with van der Waals surface area (Å²) in [6.07, 6.45) is 0. The quantitative estimate of drug-likeness (QED) is 0.279. The molecule has 0 saturated carbocycles. The molecule has 0 aliphatic heterocycles. The van der Waals surface area contributed by atoms with E-state index >= 15 is 0 Å². The zero-order chi connectivity index (χ0) is 19.5. The zero-order valence-electron chi connectivity index (χ0n) is 9.62. The van der Waals surface area contributed by atoms with Crippen LogP contribution < -0.4 is 0 Å². The van der Waals surface area contributed by atoms with Gasteiger partial charge < -0.3 is 5.11 Å². The molecule has 0 aromatic heterocycles.